The van der Waals surface area contributed by atoms with Gasteiger partial charge in [-0.2, -0.15) is 4.98 Å². The second kappa shape index (κ2) is 7.49. The van der Waals surface area contributed by atoms with E-state index in [0.29, 0.717) is 6.04 Å². The maximum atomic E-state index is 4.65. The average molecular weight is 390 g/mol. The van der Waals surface area contributed by atoms with Crippen molar-refractivity contribution < 1.29 is 0 Å². The largest absolute Gasteiger partial charge is 0.363 e. The van der Waals surface area contributed by atoms with E-state index >= 15 is 0 Å². The lowest BCUT2D eigenvalue weighted by atomic mass is 10.2. The minimum absolute atomic E-state index is 0.456. The van der Waals surface area contributed by atoms with Gasteiger partial charge in [0.05, 0.1) is 0 Å². The van der Waals surface area contributed by atoms with Crippen LogP contribution < -0.4 is 9.80 Å². The highest BCUT2D eigenvalue weighted by atomic mass is 79.9. The van der Waals surface area contributed by atoms with Gasteiger partial charge in [0.2, 0.25) is 5.95 Å². The third kappa shape index (κ3) is 4.05. The Morgan fingerprint density at radius 2 is 1.92 bits per heavy atom. The first-order valence-corrected chi connectivity index (χ1v) is 9.02. The number of hydrogen-bond donors (Lipinski definition) is 0. The van der Waals surface area contributed by atoms with E-state index in [1.54, 1.807) is 0 Å². The third-order valence-corrected chi connectivity index (χ3v) is 5.05. The summed E-state index contributed by atoms with van der Waals surface area (Å²) in [5.41, 5.74) is 1.35. The Balaban J connectivity index is 1.62. The number of rotatable bonds is 5. The number of nitrogens with zero attached hydrogens (tertiary/aromatic N) is 5. The van der Waals surface area contributed by atoms with Crippen LogP contribution in [0.5, 0.6) is 0 Å². The molecule has 0 radical (unpaired) electrons. The van der Waals surface area contributed by atoms with Crippen LogP contribution in [0.4, 0.5) is 11.8 Å². The van der Waals surface area contributed by atoms with E-state index in [-0.39, 0.29) is 0 Å². The van der Waals surface area contributed by atoms with Crippen molar-refractivity contribution in [1.29, 1.82) is 0 Å². The maximum absolute atomic E-state index is 4.65. The van der Waals surface area contributed by atoms with E-state index in [0.717, 1.165) is 42.3 Å². The molecule has 6 heteroatoms. The zero-order valence-electron chi connectivity index (χ0n) is 14.5. The van der Waals surface area contributed by atoms with Crippen LogP contribution in [0, 0.1) is 0 Å². The number of halogens is 1. The van der Waals surface area contributed by atoms with Crippen molar-refractivity contribution >= 4 is 27.7 Å². The van der Waals surface area contributed by atoms with E-state index in [2.05, 4.69) is 67.0 Å². The SMILES string of the molecule is CN(C)c1ccnc(N(C)C2CCN(Cc3ccc(Br)cc3)C2)n1. The van der Waals surface area contributed by atoms with Crippen molar-refractivity contribution in [3.63, 3.8) is 0 Å². The molecule has 1 saturated heterocycles. The summed E-state index contributed by atoms with van der Waals surface area (Å²) in [7, 11) is 6.10. The molecule has 1 aliphatic heterocycles. The van der Waals surface area contributed by atoms with Crippen molar-refractivity contribution in [2.75, 3.05) is 44.0 Å². The van der Waals surface area contributed by atoms with Gasteiger partial charge in [-0.15, -0.1) is 0 Å². The Kier molecular flexibility index (Phi) is 5.36. The Hall–Kier alpha value is -1.66. The summed E-state index contributed by atoms with van der Waals surface area (Å²) in [6.07, 6.45) is 2.98. The highest BCUT2D eigenvalue weighted by molar-refractivity contribution is 9.10. The zero-order valence-corrected chi connectivity index (χ0v) is 16.1. The second-order valence-electron chi connectivity index (χ2n) is 6.52. The summed E-state index contributed by atoms with van der Waals surface area (Å²) in [4.78, 5) is 15.8. The first kappa shape index (κ1) is 17.2. The van der Waals surface area contributed by atoms with Crippen LogP contribution >= 0.6 is 15.9 Å². The maximum Gasteiger partial charge on any atom is 0.227 e. The average Bonchev–Trinajstić information content (AvgIpc) is 3.05. The van der Waals surface area contributed by atoms with E-state index in [9.17, 15) is 0 Å². The van der Waals surface area contributed by atoms with Gasteiger partial charge in [-0.05, 0) is 30.2 Å². The topological polar surface area (TPSA) is 35.5 Å². The second-order valence-corrected chi connectivity index (χ2v) is 7.44. The van der Waals surface area contributed by atoms with Gasteiger partial charge in [0.25, 0.3) is 0 Å². The molecule has 2 aromatic rings. The van der Waals surface area contributed by atoms with Gasteiger partial charge in [0, 0.05) is 57.5 Å². The van der Waals surface area contributed by atoms with Gasteiger partial charge in [-0.3, -0.25) is 4.90 Å². The van der Waals surface area contributed by atoms with Crippen molar-refractivity contribution in [2.45, 2.75) is 19.0 Å². The Bertz CT molecular complexity index is 673. The van der Waals surface area contributed by atoms with Gasteiger partial charge in [0.1, 0.15) is 5.82 Å². The van der Waals surface area contributed by atoms with Gasteiger partial charge in [0.15, 0.2) is 0 Å². The molecule has 0 aliphatic carbocycles. The Labute approximate surface area is 152 Å². The lowest BCUT2D eigenvalue weighted by Gasteiger charge is -2.25. The van der Waals surface area contributed by atoms with Gasteiger partial charge in [-0.25, -0.2) is 4.98 Å². The number of hydrogen-bond acceptors (Lipinski definition) is 5. The molecule has 1 fully saturated rings. The number of aromatic nitrogens is 2. The number of likely N-dealkylation sites (N-methyl/N-ethyl adjacent to an activating group) is 1. The predicted molar refractivity (Wildman–Crippen MR) is 103 cm³/mol. The highest BCUT2D eigenvalue weighted by Crippen LogP contribution is 2.22. The molecule has 1 aromatic carbocycles. The molecule has 0 bridgehead atoms. The van der Waals surface area contributed by atoms with Crippen LogP contribution in [0.3, 0.4) is 0 Å². The Morgan fingerprint density at radius 3 is 2.62 bits per heavy atom. The summed E-state index contributed by atoms with van der Waals surface area (Å²) in [6.45, 7) is 3.15. The van der Waals surface area contributed by atoms with E-state index < -0.39 is 0 Å². The number of benzene rings is 1. The molecule has 0 saturated carbocycles. The van der Waals surface area contributed by atoms with E-state index in [1.165, 1.54) is 5.56 Å². The number of likely N-dealkylation sites (tertiary alicyclic amines) is 1. The van der Waals surface area contributed by atoms with E-state index in [1.807, 2.05) is 31.3 Å². The highest BCUT2D eigenvalue weighted by Gasteiger charge is 2.27. The molecule has 128 valence electrons. The first-order valence-electron chi connectivity index (χ1n) is 8.23. The van der Waals surface area contributed by atoms with Crippen molar-refractivity contribution in [2.24, 2.45) is 0 Å². The fourth-order valence-corrected chi connectivity index (χ4v) is 3.31. The fourth-order valence-electron chi connectivity index (χ4n) is 3.04. The van der Waals surface area contributed by atoms with Crippen LogP contribution in [0.1, 0.15) is 12.0 Å². The molecule has 1 unspecified atom stereocenters. The summed E-state index contributed by atoms with van der Waals surface area (Å²) >= 11 is 3.49. The molecule has 1 atom stereocenters. The molecule has 0 amide bonds. The molecular weight excluding hydrogens is 366 g/mol. The van der Waals surface area contributed by atoms with Gasteiger partial charge in [-0.1, -0.05) is 28.1 Å². The van der Waals surface area contributed by atoms with Crippen LogP contribution in [-0.2, 0) is 6.54 Å². The third-order valence-electron chi connectivity index (χ3n) is 4.52. The van der Waals surface area contributed by atoms with Crippen molar-refractivity contribution in [3.05, 3.63) is 46.6 Å². The molecule has 0 N–H and O–H groups in total. The van der Waals surface area contributed by atoms with Crippen LogP contribution in [0.15, 0.2) is 41.0 Å². The van der Waals surface area contributed by atoms with Crippen LogP contribution in [0.2, 0.25) is 0 Å². The van der Waals surface area contributed by atoms with E-state index in [4.69, 9.17) is 0 Å². The van der Waals surface area contributed by atoms with Crippen molar-refractivity contribution in [3.8, 4) is 0 Å². The monoisotopic (exact) mass is 389 g/mol. The molecule has 24 heavy (non-hydrogen) atoms. The molecule has 3 rings (SSSR count). The lowest BCUT2D eigenvalue weighted by Crippen LogP contribution is -2.35. The first-order chi connectivity index (χ1) is 11.5. The fraction of sp³-hybridized carbons (Fsp3) is 0.444. The smallest absolute Gasteiger partial charge is 0.227 e. The van der Waals surface area contributed by atoms with Crippen LogP contribution in [0.25, 0.3) is 0 Å². The Morgan fingerprint density at radius 1 is 1.17 bits per heavy atom. The molecule has 5 nitrogen and oxygen atoms in total. The molecule has 0 spiro atoms. The minimum atomic E-state index is 0.456. The minimum Gasteiger partial charge on any atom is -0.363 e. The summed E-state index contributed by atoms with van der Waals surface area (Å²) < 4.78 is 1.13. The quantitative estimate of drug-likeness (QED) is 0.785. The van der Waals surface area contributed by atoms with Gasteiger partial charge >= 0.3 is 0 Å². The molecule has 1 aliphatic rings. The summed E-state index contributed by atoms with van der Waals surface area (Å²) in [5, 5.41) is 0. The standard InChI is InChI=1S/C18H24BrN5/c1-22(2)17-8-10-20-18(21-17)23(3)16-9-11-24(13-16)12-14-4-6-15(19)7-5-14/h4-8,10,16H,9,11-13H2,1-3H3. The zero-order chi connectivity index (χ0) is 17.1. The summed E-state index contributed by atoms with van der Waals surface area (Å²) in [5.74, 6) is 1.74. The van der Waals surface area contributed by atoms with Crippen molar-refractivity contribution in [1.82, 2.24) is 14.9 Å². The number of anilines is 2. The van der Waals surface area contributed by atoms with Crippen LogP contribution in [-0.4, -0.2) is 55.1 Å². The molecule has 2 heterocycles. The molecule has 1 aromatic heterocycles. The molecular formula is C18H24BrN5. The predicted octanol–water partition coefficient (Wildman–Crippen LogP) is 3.02. The lowest BCUT2D eigenvalue weighted by molar-refractivity contribution is 0.325. The summed E-state index contributed by atoms with van der Waals surface area (Å²) in [6, 6.07) is 11.0. The normalized spacial score (nSPS) is 17.9. The van der Waals surface area contributed by atoms with Gasteiger partial charge < -0.3 is 9.80 Å².